The molecule has 2 aromatic heterocycles. The fraction of sp³-hybridized carbons (Fsp3) is 0.250. The smallest absolute Gasteiger partial charge is 0.251 e. The number of nitrogens with zero attached hydrogens (tertiary/aromatic N) is 3. The molecule has 1 aromatic carbocycles. The molecule has 1 atom stereocenters. The van der Waals surface area contributed by atoms with Crippen LogP contribution in [0.4, 0.5) is 4.39 Å². The monoisotopic (exact) mass is 350 g/mol. The van der Waals surface area contributed by atoms with Crippen LogP contribution in [0.25, 0.3) is 11.3 Å². The Balaban J connectivity index is 1.51. The molecule has 0 bridgehead atoms. The number of hydrogen-bond donors (Lipinski definition) is 1. The second kappa shape index (κ2) is 7.17. The topological polar surface area (TPSA) is 61.9 Å². The third kappa shape index (κ3) is 3.70. The molecule has 5 nitrogen and oxygen atoms in total. The Morgan fingerprint density at radius 3 is 2.69 bits per heavy atom. The predicted molar refractivity (Wildman–Crippen MR) is 97.1 cm³/mol. The Kier molecular flexibility index (Phi) is 4.58. The van der Waals surface area contributed by atoms with Crippen LogP contribution in [0.3, 0.4) is 0 Å². The molecule has 1 aliphatic heterocycles. The molecule has 0 radical (unpaired) electrons. The zero-order valence-corrected chi connectivity index (χ0v) is 14.2. The van der Waals surface area contributed by atoms with Gasteiger partial charge in [0.1, 0.15) is 11.6 Å². The summed E-state index contributed by atoms with van der Waals surface area (Å²) in [6, 6.07) is 11.8. The van der Waals surface area contributed by atoms with Gasteiger partial charge in [-0.1, -0.05) is 12.1 Å². The van der Waals surface area contributed by atoms with Crippen molar-refractivity contribution in [2.24, 2.45) is 0 Å². The Hall–Kier alpha value is -2.86. The van der Waals surface area contributed by atoms with E-state index in [0.717, 1.165) is 43.0 Å². The molecule has 26 heavy (non-hydrogen) atoms. The van der Waals surface area contributed by atoms with Gasteiger partial charge in [0.15, 0.2) is 0 Å². The highest BCUT2D eigenvalue weighted by molar-refractivity contribution is 5.57. The first-order valence-electron chi connectivity index (χ1n) is 8.66. The number of pyridine rings is 1. The van der Waals surface area contributed by atoms with Crippen LogP contribution in [0.1, 0.15) is 23.7 Å². The lowest BCUT2D eigenvalue weighted by Gasteiger charge is -2.16. The minimum atomic E-state index is -0.220. The van der Waals surface area contributed by atoms with Gasteiger partial charge in [0, 0.05) is 43.0 Å². The summed E-state index contributed by atoms with van der Waals surface area (Å²) in [7, 11) is 0. The summed E-state index contributed by atoms with van der Waals surface area (Å²) < 4.78 is 13.0. The van der Waals surface area contributed by atoms with Gasteiger partial charge in [-0.3, -0.25) is 14.7 Å². The van der Waals surface area contributed by atoms with Gasteiger partial charge in [-0.25, -0.2) is 9.37 Å². The van der Waals surface area contributed by atoms with Gasteiger partial charge in [-0.15, -0.1) is 0 Å². The SMILES string of the molecule is O=c1cc(-c2ccncc2)nc([C@H]2CCN(Cc3ccc(F)cc3)C2)[nH]1. The maximum absolute atomic E-state index is 13.0. The summed E-state index contributed by atoms with van der Waals surface area (Å²) in [5, 5.41) is 0. The van der Waals surface area contributed by atoms with E-state index < -0.39 is 0 Å². The summed E-state index contributed by atoms with van der Waals surface area (Å²) in [6.07, 6.45) is 4.32. The van der Waals surface area contributed by atoms with Crippen molar-refractivity contribution in [1.82, 2.24) is 19.9 Å². The van der Waals surface area contributed by atoms with Crippen molar-refractivity contribution in [3.63, 3.8) is 0 Å². The lowest BCUT2D eigenvalue weighted by molar-refractivity contribution is 0.325. The van der Waals surface area contributed by atoms with Gasteiger partial charge in [0.05, 0.1) is 5.69 Å². The fourth-order valence-corrected chi connectivity index (χ4v) is 3.39. The lowest BCUT2D eigenvalue weighted by Crippen LogP contribution is -2.21. The van der Waals surface area contributed by atoms with E-state index in [4.69, 9.17) is 0 Å². The minimum Gasteiger partial charge on any atom is -0.310 e. The molecule has 1 N–H and O–H groups in total. The number of aromatic nitrogens is 3. The van der Waals surface area contributed by atoms with Gasteiger partial charge < -0.3 is 4.98 Å². The van der Waals surface area contributed by atoms with Crippen molar-refractivity contribution in [2.45, 2.75) is 18.9 Å². The summed E-state index contributed by atoms with van der Waals surface area (Å²) in [4.78, 5) is 26.0. The molecule has 3 heterocycles. The van der Waals surface area contributed by atoms with Gasteiger partial charge in [0.2, 0.25) is 0 Å². The van der Waals surface area contributed by atoms with E-state index in [1.54, 1.807) is 12.4 Å². The molecular formula is C20H19FN4O. The maximum Gasteiger partial charge on any atom is 0.251 e. The van der Waals surface area contributed by atoms with E-state index >= 15 is 0 Å². The summed E-state index contributed by atoms with van der Waals surface area (Å²) in [5.41, 5.74) is 2.49. The molecule has 1 aliphatic rings. The van der Waals surface area contributed by atoms with Crippen LogP contribution in [-0.2, 0) is 6.54 Å². The number of halogens is 1. The van der Waals surface area contributed by atoms with Gasteiger partial charge in [-0.05, 0) is 42.8 Å². The number of H-pyrrole nitrogens is 1. The number of likely N-dealkylation sites (tertiary alicyclic amines) is 1. The normalized spacial score (nSPS) is 17.5. The predicted octanol–water partition coefficient (Wildman–Crippen LogP) is 2.96. The number of hydrogen-bond acceptors (Lipinski definition) is 4. The summed E-state index contributed by atoms with van der Waals surface area (Å²) in [5.74, 6) is 0.693. The second-order valence-corrected chi connectivity index (χ2v) is 6.60. The van der Waals surface area contributed by atoms with Crippen molar-refractivity contribution >= 4 is 0 Å². The number of benzene rings is 1. The van der Waals surface area contributed by atoms with Crippen LogP contribution >= 0.6 is 0 Å². The Morgan fingerprint density at radius 1 is 1.15 bits per heavy atom. The molecule has 0 spiro atoms. The highest BCUT2D eigenvalue weighted by Gasteiger charge is 2.26. The zero-order chi connectivity index (χ0) is 17.9. The molecule has 3 aromatic rings. The van der Waals surface area contributed by atoms with E-state index in [9.17, 15) is 9.18 Å². The maximum atomic E-state index is 13.0. The van der Waals surface area contributed by atoms with E-state index in [2.05, 4.69) is 19.9 Å². The minimum absolute atomic E-state index is 0.140. The van der Waals surface area contributed by atoms with Crippen LogP contribution in [0, 0.1) is 5.82 Å². The third-order valence-corrected chi connectivity index (χ3v) is 4.71. The lowest BCUT2D eigenvalue weighted by atomic mass is 10.1. The molecule has 1 saturated heterocycles. The molecular weight excluding hydrogens is 331 g/mol. The second-order valence-electron chi connectivity index (χ2n) is 6.60. The Labute approximate surface area is 150 Å². The Bertz CT molecular complexity index is 940. The van der Waals surface area contributed by atoms with Crippen molar-refractivity contribution < 1.29 is 4.39 Å². The van der Waals surface area contributed by atoms with Gasteiger partial charge in [0.25, 0.3) is 5.56 Å². The molecule has 0 aliphatic carbocycles. The van der Waals surface area contributed by atoms with Gasteiger partial charge >= 0.3 is 0 Å². The first-order valence-corrected chi connectivity index (χ1v) is 8.66. The standard InChI is InChI=1S/C20H19FN4O/c21-17-3-1-14(2-4-17)12-25-10-7-16(13-25)20-23-18(11-19(26)24-20)15-5-8-22-9-6-15/h1-6,8-9,11,16H,7,10,12-13H2,(H,23,24,26)/t16-/m0/s1. The molecule has 132 valence electrons. The molecule has 0 amide bonds. The largest absolute Gasteiger partial charge is 0.310 e. The molecule has 0 unspecified atom stereocenters. The third-order valence-electron chi connectivity index (χ3n) is 4.71. The van der Waals surface area contributed by atoms with Crippen molar-refractivity contribution in [3.05, 3.63) is 82.4 Å². The van der Waals surface area contributed by atoms with Crippen LogP contribution < -0.4 is 5.56 Å². The number of rotatable bonds is 4. The molecule has 1 fully saturated rings. The molecule has 4 rings (SSSR count). The average Bonchev–Trinajstić information content (AvgIpc) is 3.12. The van der Waals surface area contributed by atoms with Crippen LogP contribution in [0.5, 0.6) is 0 Å². The quantitative estimate of drug-likeness (QED) is 0.786. The van der Waals surface area contributed by atoms with Gasteiger partial charge in [-0.2, -0.15) is 0 Å². The summed E-state index contributed by atoms with van der Waals surface area (Å²) >= 11 is 0. The van der Waals surface area contributed by atoms with E-state index in [1.165, 1.54) is 18.2 Å². The highest BCUT2D eigenvalue weighted by Crippen LogP contribution is 2.26. The van der Waals surface area contributed by atoms with Crippen LogP contribution in [0.15, 0.2) is 59.7 Å². The molecule has 6 heteroatoms. The van der Waals surface area contributed by atoms with E-state index in [-0.39, 0.29) is 17.3 Å². The van der Waals surface area contributed by atoms with Crippen molar-refractivity contribution in [3.8, 4) is 11.3 Å². The van der Waals surface area contributed by atoms with Crippen LogP contribution in [-0.4, -0.2) is 32.9 Å². The summed E-state index contributed by atoms with van der Waals surface area (Å²) in [6.45, 7) is 2.51. The fourth-order valence-electron chi connectivity index (χ4n) is 3.39. The van der Waals surface area contributed by atoms with E-state index in [1.807, 2.05) is 24.3 Å². The highest BCUT2D eigenvalue weighted by atomic mass is 19.1. The van der Waals surface area contributed by atoms with Crippen molar-refractivity contribution in [2.75, 3.05) is 13.1 Å². The Morgan fingerprint density at radius 2 is 1.92 bits per heavy atom. The van der Waals surface area contributed by atoms with Crippen LogP contribution in [0.2, 0.25) is 0 Å². The van der Waals surface area contributed by atoms with E-state index in [0.29, 0.717) is 5.69 Å². The average molecular weight is 350 g/mol. The number of nitrogens with one attached hydrogen (secondary N) is 1. The first-order chi connectivity index (χ1) is 12.7. The number of aromatic amines is 1. The first kappa shape index (κ1) is 16.6. The molecule has 0 saturated carbocycles. The van der Waals surface area contributed by atoms with Crippen molar-refractivity contribution in [1.29, 1.82) is 0 Å². The zero-order valence-electron chi connectivity index (χ0n) is 14.2.